The quantitative estimate of drug-likeness (QED) is 0.817. The molecule has 2 aromatic rings. The van der Waals surface area contributed by atoms with E-state index >= 15 is 0 Å². The largest absolute Gasteiger partial charge is 0.352 e. The van der Waals surface area contributed by atoms with Gasteiger partial charge in [-0.3, -0.25) is 4.79 Å². The summed E-state index contributed by atoms with van der Waals surface area (Å²) in [5.74, 6) is 1.03. The number of amides is 1. The highest BCUT2D eigenvalue weighted by Gasteiger charge is 2.17. The maximum absolute atomic E-state index is 12.2. The number of piperidine rings is 1. The molecule has 0 bridgehead atoms. The second kappa shape index (κ2) is 8.25. The molecule has 1 aliphatic heterocycles. The lowest BCUT2D eigenvalue weighted by atomic mass is 10.0. The van der Waals surface area contributed by atoms with Gasteiger partial charge in [0.1, 0.15) is 0 Å². The Balaban J connectivity index is 1.45. The van der Waals surface area contributed by atoms with Gasteiger partial charge in [0.15, 0.2) is 5.82 Å². The Kier molecular flexibility index (Phi) is 5.81. The third-order valence-corrected chi connectivity index (χ3v) is 4.77. The zero-order chi connectivity index (χ0) is 17.6. The normalized spacial score (nSPS) is 18.2. The van der Waals surface area contributed by atoms with Crippen molar-refractivity contribution in [3.05, 3.63) is 35.7 Å². The molecule has 1 saturated heterocycles. The third-order valence-electron chi connectivity index (χ3n) is 4.77. The van der Waals surface area contributed by atoms with Crippen molar-refractivity contribution in [2.24, 2.45) is 0 Å². The topological polar surface area (TPSA) is 71.3 Å². The van der Waals surface area contributed by atoms with Crippen LogP contribution in [-0.2, 0) is 0 Å². The molecular formula is C19H26N4O2. The molecule has 1 N–H and O–H groups in total. The number of likely N-dealkylation sites (tertiary alicyclic amines) is 1. The van der Waals surface area contributed by atoms with Crippen molar-refractivity contribution in [2.45, 2.75) is 45.6 Å². The monoisotopic (exact) mass is 342 g/mol. The Bertz CT molecular complexity index is 696. The summed E-state index contributed by atoms with van der Waals surface area (Å²) >= 11 is 0. The van der Waals surface area contributed by atoms with E-state index in [2.05, 4.69) is 27.3 Å². The van der Waals surface area contributed by atoms with Crippen LogP contribution in [0.15, 0.2) is 28.8 Å². The van der Waals surface area contributed by atoms with Crippen molar-refractivity contribution in [1.82, 2.24) is 20.4 Å². The number of carbonyl (C=O) groups is 1. The number of hydrogen-bond donors (Lipinski definition) is 1. The molecule has 6 nitrogen and oxygen atoms in total. The summed E-state index contributed by atoms with van der Waals surface area (Å²) < 4.78 is 5.13. The van der Waals surface area contributed by atoms with E-state index in [1.165, 1.54) is 25.8 Å². The van der Waals surface area contributed by atoms with Crippen LogP contribution in [0.4, 0.5) is 0 Å². The first-order valence-electron chi connectivity index (χ1n) is 9.06. The van der Waals surface area contributed by atoms with E-state index in [9.17, 15) is 4.79 Å². The van der Waals surface area contributed by atoms with E-state index in [4.69, 9.17) is 4.52 Å². The first-order valence-corrected chi connectivity index (χ1v) is 9.06. The lowest BCUT2D eigenvalue weighted by molar-refractivity contribution is 0.0949. The zero-order valence-electron chi connectivity index (χ0n) is 15.0. The van der Waals surface area contributed by atoms with Crippen LogP contribution in [0, 0.1) is 6.92 Å². The summed E-state index contributed by atoms with van der Waals surface area (Å²) in [5, 5.41) is 6.77. The molecular weight excluding hydrogens is 316 g/mol. The van der Waals surface area contributed by atoms with Crippen LogP contribution >= 0.6 is 0 Å². The van der Waals surface area contributed by atoms with E-state index in [1.54, 1.807) is 19.1 Å². The highest BCUT2D eigenvalue weighted by Crippen LogP contribution is 2.18. The number of rotatable bonds is 6. The molecule has 1 aromatic heterocycles. The molecule has 0 radical (unpaired) electrons. The molecule has 1 amide bonds. The smallest absolute Gasteiger partial charge is 0.257 e. The fraction of sp³-hybridized carbons (Fsp3) is 0.526. The van der Waals surface area contributed by atoms with Gasteiger partial charge in [0.25, 0.3) is 11.8 Å². The predicted octanol–water partition coefficient (Wildman–Crippen LogP) is 3.04. The van der Waals surface area contributed by atoms with Crippen LogP contribution in [0.3, 0.4) is 0 Å². The average Bonchev–Trinajstić information content (AvgIpc) is 3.06. The molecule has 25 heavy (non-hydrogen) atoms. The van der Waals surface area contributed by atoms with E-state index in [1.807, 2.05) is 12.1 Å². The van der Waals surface area contributed by atoms with Gasteiger partial charge in [-0.2, -0.15) is 4.98 Å². The Hall–Kier alpha value is -2.21. The Morgan fingerprint density at radius 2 is 2.12 bits per heavy atom. The van der Waals surface area contributed by atoms with Crippen molar-refractivity contribution >= 4 is 5.91 Å². The third kappa shape index (κ3) is 4.66. The lowest BCUT2D eigenvalue weighted by Crippen LogP contribution is -2.39. The molecule has 1 atom stereocenters. The van der Waals surface area contributed by atoms with Gasteiger partial charge in [-0.25, -0.2) is 0 Å². The van der Waals surface area contributed by atoms with Gasteiger partial charge in [-0.05, 0) is 63.9 Å². The van der Waals surface area contributed by atoms with Crippen molar-refractivity contribution < 1.29 is 9.32 Å². The molecule has 0 aliphatic carbocycles. The minimum absolute atomic E-state index is 0.0417. The highest BCUT2D eigenvalue weighted by molar-refractivity contribution is 5.94. The number of aryl methyl sites for hydroxylation is 1. The molecule has 6 heteroatoms. The minimum atomic E-state index is -0.0417. The van der Waals surface area contributed by atoms with Gasteiger partial charge >= 0.3 is 0 Å². The fourth-order valence-corrected chi connectivity index (χ4v) is 3.25. The van der Waals surface area contributed by atoms with Crippen molar-refractivity contribution in [3.63, 3.8) is 0 Å². The maximum atomic E-state index is 12.2. The zero-order valence-corrected chi connectivity index (χ0v) is 15.0. The van der Waals surface area contributed by atoms with Crippen LogP contribution in [0.25, 0.3) is 11.5 Å². The molecule has 1 aliphatic rings. The first kappa shape index (κ1) is 17.6. The van der Waals surface area contributed by atoms with E-state index in [0.29, 0.717) is 29.9 Å². The van der Waals surface area contributed by atoms with Crippen molar-refractivity contribution in [3.8, 4) is 11.5 Å². The Morgan fingerprint density at radius 1 is 1.32 bits per heavy atom. The number of hydrogen-bond acceptors (Lipinski definition) is 5. The summed E-state index contributed by atoms with van der Waals surface area (Å²) in [4.78, 5) is 18.9. The molecule has 2 heterocycles. The number of carbonyl (C=O) groups excluding carboxylic acids is 1. The average molecular weight is 342 g/mol. The molecule has 1 aromatic carbocycles. The van der Waals surface area contributed by atoms with Crippen LogP contribution in [0.5, 0.6) is 0 Å². The van der Waals surface area contributed by atoms with Crippen LogP contribution in [-0.4, -0.2) is 46.6 Å². The molecule has 0 spiro atoms. The number of benzene rings is 1. The van der Waals surface area contributed by atoms with Gasteiger partial charge in [0.05, 0.1) is 0 Å². The van der Waals surface area contributed by atoms with Crippen LogP contribution in [0.1, 0.15) is 48.8 Å². The van der Waals surface area contributed by atoms with Gasteiger partial charge in [-0.15, -0.1) is 0 Å². The second-order valence-electron chi connectivity index (χ2n) is 6.71. The van der Waals surface area contributed by atoms with Gasteiger partial charge in [0.2, 0.25) is 0 Å². The van der Waals surface area contributed by atoms with Crippen molar-refractivity contribution in [2.75, 3.05) is 19.6 Å². The van der Waals surface area contributed by atoms with Crippen molar-refractivity contribution in [1.29, 1.82) is 0 Å². The summed E-state index contributed by atoms with van der Waals surface area (Å²) in [6, 6.07) is 7.91. The van der Waals surface area contributed by atoms with E-state index < -0.39 is 0 Å². The Morgan fingerprint density at radius 3 is 2.80 bits per heavy atom. The highest BCUT2D eigenvalue weighted by atomic mass is 16.5. The summed E-state index contributed by atoms with van der Waals surface area (Å²) in [6.07, 6.45) is 4.91. The number of nitrogens with one attached hydrogen (secondary N) is 1. The van der Waals surface area contributed by atoms with Crippen LogP contribution in [0.2, 0.25) is 0 Å². The standard InChI is InChI=1S/C19H26N4O2/c1-14-6-3-4-12-23(14)13-5-11-20-18(24)16-7-9-17(10-8-16)19-21-15(2)22-25-19/h7-10,14H,3-6,11-13H2,1-2H3,(H,20,24). The SMILES string of the molecule is Cc1noc(-c2ccc(C(=O)NCCCN3CCCCC3C)cc2)n1. The summed E-state index contributed by atoms with van der Waals surface area (Å²) in [7, 11) is 0. The fourth-order valence-electron chi connectivity index (χ4n) is 3.25. The molecule has 1 unspecified atom stereocenters. The summed E-state index contributed by atoms with van der Waals surface area (Å²) in [5.41, 5.74) is 1.46. The van der Waals surface area contributed by atoms with E-state index in [-0.39, 0.29) is 5.91 Å². The minimum Gasteiger partial charge on any atom is -0.352 e. The first-order chi connectivity index (χ1) is 12.1. The van der Waals surface area contributed by atoms with Gasteiger partial charge in [0, 0.05) is 30.3 Å². The summed E-state index contributed by atoms with van der Waals surface area (Å²) in [6.45, 7) is 7.01. The molecule has 134 valence electrons. The predicted molar refractivity (Wildman–Crippen MR) is 96.3 cm³/mol. The van der Waals surface area contributed by atoms with Gasteiger partial charge in [-0.1, -0.05) is 11.6 Å². The second-order valence-corrected chi connectivity index (χ2v) is 6.71. The van der Waals surface area contributed by atoms with Gasteiger partial charge < -0.3 is 14.7 Å². The molecule has 0 saturated carbocycles. The molecule has 1 fully saturated rings. The maximum Gasteiger partial charge on any atom is 0.257 e. The van der Waals surface area contributed by atoms with E-state index in [0.717, 1.165) is 18.5 Å². The molecule has 3 rings (SSSR count). The Labute approximate surface area is 148 Å². The number of nitrogens with zero attached hydrogens (tertiary/aromatic N) is 3. The lowest BCUT2D eigenvalue weighted by Gasteiger charge is -2.33. The van der Waals surface area contributed by atoms with Crippen LogP contribution < -0.4 is 5.32 Å². The number of aromatic nitrogens is 2.